The van der Waals surface area contributed by atoms with Gasteiger partial charge < -0.3 is 28.4 Å². The first-order valence-corrected chi connectivity index (χ1v) is 14.8. The van der Waals surface area contributed by atoms with Crippen molar-refractivity contribution in [2.45, 2.75) is 97.9 Å². The highest BCUT2D eigenvalue weighted by molar-refractivity contribution is 5.94. The number of carbonyl (C=O) groups is 4. The van der Waals surface area contributed by atoms with E-state index in [0.717, 1.165) is 32.1 Å². The normalized spacial score (nSPS) is 35.8. The van der Waals surface area contributed by atoms with Crippen molar-refractivity contribution in [2.24, 2.45) is 39.9 Å². The van der Waals surface area contributed by atoms with Gasteiger partial charge in [-0.25, -0.2) is 4.79 Å². The molecule has 0 spiro atoms. The van der Waals surface area contributed by atoms with Gasteiger partial charge in [0.15, 0.2) is 6.10 Å². The molecule has 10 heteroatoms. The standard InChI is InChI=1S/C30H44O10/c1-7-30(19-9-17-8-18(11-19)12-20(30)10-17)40-24(32)28(4,5)29(6,25(33)37-14-21-13-35-21)27(2,3)23(31)36-15-22-16-38-26(34)39-22/h17-22H,7-16H2,1-6H3. The molecule has 6 aliphatic rings. The minimum atomic E-state index is -1.67. The van der Waals surface area contributed by atoms with Gasteiger partial charge in [-0.3, -0.25) is 14.4 Å². The van der Waals surface area contributed by atoms with E-state index in [4.69, 9.17) is 28.4 Å². The third-order valence-corrected chi connectivity index (χ3v) is 11.1. The van der Waals surface area contributed by atoms with E-state index in [1.54, 1.807) is 34.6 Å². The summed E-state index contributed by atoms with van der Waals surface area (Å²) in [7, 11) is 0. The summed E-state index contributed by atoms with van der Waals surface area (Å²) in [4.78, 5) is 53.1. The van der Waals surface area contributed by atoms with Gasteiger partial charge >= 0.3 is 24.1 Å². The van der Waals surface area contributed by atoms with Crippen molar-refractivity contribution >= 4 is 24.1 Å². The summed E-state index contributed by atoms with van der Waals surface area (Å²) in [6.07, 6.45) is 4.54. The Morgan fingerprint density at radius 2 is 1.32 bits per heavy atom. The molecule has 10 nitrogen and oxygen atoms in total. The number of carbonyl (C=O) groups excluding carboxylic acids is 4. The minimum absolute atomic E-state index is 0.0335. The van der Waals surface area contributed by atoms with Gasteiger partial charge in [-0.1, -0.05) is 6.92 Å². The molecule has 3 atom stereocenters. The van der Waals surface area contributed by atoms with Crippen LogP contribution in [0.1, 0.15) is 80.1 Å². The Labute approximate surface area is 236 Å². The number of esters is 3. The number of rotatable bonds is 11. The average Bonchev–Trinajstić information content (AvgIpc) is 3.65. The van der Waals surface area contributed by atoms with Gasteiger partial charge in [0.2, 0.25) is 0 Å². The molecular weight excluding hydrogens is 520 g/mol. The Bertz CT molecular complexity index is 1020. The molecule has 0 aromatic heterocycles. The lowest BCUT2D eigenvalue weighted by atomic mass is 9.49. The van der Waals surface area contributed by atoms with Gasteiger partial charge in [-0.15, -0.1) is 0 Å². The highest BCUT2D eigenvalue weighted by Crippen LogP contribution is 2.62. The Morgan fingerprint density at radius 3 is 1.82 bits per heavy atom. The Balaban J connectivity index is 1.40. The maximum Gasteiger partial charge on any atom is 0.508 e. The van der Waals surface area contributed by atoms with Crippen molar-refractivity contribution in [3.05, 3.63) is 0 Å². The minimum Gasteiger partial charge on any atom is -0.462 e. The van der Waals surface area contributed by atoms with Gasteiger partial charge in [0.05, 0.1) is 22.9 Å². The van der Waals surface area contributed by atoms with Crippen LogP contribution in [-0.4, -0.2) is 68.3 Å². The van der Waals surface area contributed by atoms with Crippen molar-refractivity contribution in [3.63, 3.8) is 0 Å². The van der Waals surface area contributed by atoms with E-state index >= 15 is 0 Å². The summed E-state index contributed by atoms with van der Waals surface area (Å²) in [6.45, 7) is 10.4. The molecule has 0 amide bonds. The number of cyclic esters (lactones) is 2. The zero-order chi connectivity index (χ0) is 29.1. The molecule has 2 saturated heterocycles. The van der Waals surface area contributed by atoms with E-state index in [2.05, 4.69) is 6.92 Å². The van der Waals surface area contributed by atoms with Crippen molar-refractivity contribution in [2.75, 3.05) is 26.4 Å². The van der Waals surface area contributed by atoms with Gasteiger partial charge in [0.1, 0.15) is 31.5 Å². The quantitative estimate of drug-likeness (QED) is 0.204. The van der Waals surface area contributed by atoms with Gasteiger partial charge in [-0.05, 0) is 96.8 Å². The number of hydrogen-bond donors (Lipinski definition) is 0. The third-order valence-electron chi connectivity index (χ3n) is 11.1. The predicted molar refractivity (Wildman–Crippen MR) is 140 cm³/mol. The molecule has 4 aliphatic carbocycles. The van der Waals surface area contributed by atoms with Crippen LogP contribution in [0.15, 0.2) is 0 Å². The molecule has 2 heterocycles. The second-order valence-electron chi connectivity index (χ2n) is 13.8. The topological polar surface area (TPSA) is 127 Å². The number of ether oxygens (including phenoxy) is 6. The summed E-state index contributed by atoms with van der Waals surface area (Å²) < 4.78 is 32.7. The smallest absolute Gasteiger partial charge is 0.462 e. The maximum atomic E-state index is 14.3. The average molecular weight is 565 g/mol. The van der Waals surface area contributed by atoms with Crippen LogP contribution in [0.2, 0.25) is 0 Å². The van der Waals surface area contributed by atoms with E-state index in [-0.39, 0.29) is 25.9 Å². The van der Waals surface area contributed by atoms with Gasteiger partial charge in [-0.2, -0.15) is 0 Å². The summed E-state index contributed by atoms with van der Waals surface area (Å²) in [5, 5.41) is 0. The van der Waals surface area contributed by atoms with E-state index in [1.807, 2.05) is 0 Å². The van der Waals surface area contributed by atoms with Crippen molar-refractivity contribution in [1.29, 1.82) is 0 Å². The summed E-state index contributed by atoms with van der Waals surface area (Å²) in [5.74, 6) is 0.106. The van der Waals surface area contributed by atoms with Crippen LogP contribution in [0.25, 0.3) is 0 Å². The molecule has 4 bridgehead atoms. The molecule has 0 aromatic rings. The highest BCUT2D eigenvalue weighted by Gasteiger charge is 2.67. The summed E-state index contributed by atoms with van der Waals surface area (Å²) in [6, 6.07) is 0. The largest absolute Gasteiger partial charge is 0.508 e. The van der Waals surface area contributed by atoms with Crippen molar-refractivity contribution < 1.29 is 47.6 Å². The fourth-order valence-electron chi connectivity index (χ4n) is 8.07. The Morgan fingerprint density at radius 1 is 0.800 bits per heavy atom. The summed E-state index contributed by atoms with van der Waals surface area (Å²) in [5.41, 5.74) is -5.22. The maximum absolute atomic E-state index is 14.3. The third kappa shape index (κ3) is 4.68. The molecule has 6 fully saturated rings. The first-order valence-electron chi connectivity index (χ1n) is 14.8. The van der Waals surface area contributed by atoms with E-state index in [1.165, 1.54) is 6.42 Å². The van der Waals surface area contributed by atoms with E-state index in [9.17, 15) is 19.2 Å². The van der Waals surface area contributed by atoms with E-state index < -0.39 is 52.0 Å². The van der Waals surface area contributed by atoms with Crippen molar-refractivity contribution in [1.82, 2.24) is 0 Å². The molecular formula is C30H44O10. The lowest BCUT2D eigenvalue weighted by Gasteiger charge is -2.61. The molecule has 0 radical (unpaired) electrons. The predicted octanol–water partition coefficient (Wildman–Crippen LogP) is 4.21. The van der Waals surface area contributed by atoms with Crippen LogP contribution in [0, 0.1) is 39.9 Å². The first kappa shape index (κ1) is 29.1. The van der Waals surface area contributed by atoms with Gasteiger partial charge in [0, 0.05) is 0 Å². The number of hydrogen-bond acceptors (Lipinski definition) is 10. The van der Waals surface area contributed by atoms with Crippen LogP contribution in [0.5, 0.6) is 0 Å². The van der Waals surface area contributed by atoms with Crippen LogP contribution in [-0.2, 0) is 42.8 Å². The van der Waals surface area contributed by atoms with Crippen LogP contribution >= 0.6 is 0 Å². The second-order valence-corrected chi connectivity index (χ2v) is 13.8. The van der Waals surface area contributed by atoms with Crippen LogP contribution in [0.4, 0.5) is 4.79 Å². The Kier molecular flexibility index (Phi) is 7.41. The van der Waals surface area contributed by atoms with Crippen molar-refractivity contribution in [3.8, 4) is 0 Å². The molecule has 0 aromatic carbocycles. The first-order chi connectivity index (χ1) is 18.7. The molecule has 40 heavy (non-hydrogen) atoms. The molecule has 0 N–H and O–H groups in total. The lowest BCUT2D eigenvalue weighted by Crippen LogP contribution is -2.63. The monoisotopic (exact) mass is 564 g/mol. The van der Waals surface area contributed by atoms with Crippen LogP contribution in [0.3, 0.4) is 0 Å². The molecule has 3 unspecified atom stereocenters. The zero-order valence-corrected chi connectivity index (χ0v) is 24.6. The van der Waals surface area contributed by atoms with Gasteiger partial charge in [0.25, 0.3) is 0 Å². The van der Waals surface area contributed by atoms with Crippen LogP contribution < -0.4 is 0 Å². The SMILES string of the molecule is CCC1(OC(=O)C(C)(C)C(C)(C(=O)OCC2CO2)C(C)(C)C(=O)OCC2COC(=O)O2)C2CC3CC(C2)CC1C3. The fourth-order valence-corrected chi connectivity index (χ4v) is 8.07. The lowest BCUT2D eigenvalue weighted by molar-refractivity contribution is -0.230. The highest BCUT2D eigenvalue weighted by atomic mass is 16.8. The molecule has 4 saturated carbocycles. The molecule has 224 valence electrons. The molecule has 6 rings (SSSR count). The Hall–Kier alpha value is -2.36. The molecule has 2 aliphatic heterocycles. The second kappa shape index (κ2) is 10.2. The zero-order valence-electron chi connectivity index (χ0n) is 24.6. The fraction of sp³-hybridized carbons (Fsp3) is 0.867. The van der Waals surface area contributed by atoms with E-state index in [0.29, 0.717) is 30.3 Å². The summed E-state index contributed by atoms with van der Waals surface area (Å²) >= 11 is 0. The number of epoxide rings is 1.